The minimum Gasteiger partial charge on any atom is -0.508 e. The highest BCUT2D eigenvalue weighted by molar-refractivity contribution is 5.25. The van der Waals surface area contributed by atoms with Crippen LogP contribution in [0, 0.1) is 11.8 Å². The van der Waals surface area contributed by atoms with Gasteiger partial charge in [0.05, 0.1) is 0 Å². The van der Waals surface area contributed by atoms with Crippen LogP contribution >= 0.6 is 0 Å². The summed E-state index contributed by atoms with van der Waals surface area (Å²) in [7, 11) is 0. The van der Waals surface area contributed by atoms with Gasteiger partial charge in [-0.15, -0.1) is 0 Å². The molecule has 1 aliphatic rings. The first-order chi connectivity index (χ1) is 7.65. The van der Waals surface area contributed by atoms with Crippen molar-refractivity contribution in [1.29, 1.82) is 0 Å². The molecular formula is C14H21NO. The molecule has 2 nitrogen and oxygen atoms in total. The predicted molar refractivity (Wildman–Crippen MR) is 66.3 cm³/mol. The molecule has 1 atom stereocenters. The average Bonchev–Trinajstić information content (AvgIpc) is 2.70. The number of aromatic hydroxyl groups is 1. The van der Waals surface area contributed by atoms with E-state index in [4.69, 9.17) is 0 Å². The van der Waals surface area contributed by atoms with Gasteiger partial charge in [0.1, 0.15) is 5.75 Å². The van der Waals surface area contributed by atoms with Gasteiger partial charge in [-0.3, -0.25) is 4.90 Å². The third-order valence-corrected chi connectivity index (χ3v) is 3.59. The number of hydrogen-bond acceptors (Lipinski definition) is 2. The minimum atomic E-state index is 0.352. The van der Waals surface area contributed by atoms with Crippen molar-refractivity contribution in [3.63, 3.8) is 0 Å². The lowest BCUT2D eigenvalue weighted by atomic mass is 9.95. The van der Waals surface area contributed by atoms with Gasteiger partial charge < -0.3 is 5.11 Å². The molecule has 0 amide bonds. The topological polar surface area (TPSA) is 23.5 Å². The van der Waals surface area contributed by atoms with Crippen molar-refractivity contribution in [3.05, 3.63) is 29.8 Å². The van der Waals surface area contributed by atoms with E-state index in [1.54, 1.807) is 12.1 Å². The summed E-state index contributed by atoms with van der Waals surface area (Å²) in [5, 5.41) is 9.22. The zero-order valence-electron chi connectivity index (χ0n) is 10.2. The highest BCUT2D eigenvalue weighted by Crippen LogP contribution is 2.25. The first kappa shape index (κ1) is 11.5. The van der Waals surface area contributed by atoms with E-state index in [1.807, 2.05) is 12.1 Å². The zero-order chi connectivity index (χ0) is 11.5. The second kappa shape index (κ2) is 4.88. The number of hydrogen-bond donors (Lipinski definition) is 1. The Hall–Kier alpha value is -1.02. The minimum absolute atomic E-state index is 0.352. The highest BCUT2D eigenvalue weighted by atomic mass is 16.3. The molecular weight excluding hydrogens is 198 g/mol. The van der Waals surface area contributed by atoms with Crippen LogP contribution in [0.25, 0.3) is 0 Å². The van der Waals surface area contributed by atoms with Crippen LogP contribution in [-0.2, 0) is 6.54 Å². The van der Waals surface area contributed by atoms with Gasteiger partial charge in [0.2, 0.25) is 0 Å². The molecule has 2 rings (SSSR count). The Kier molecular flexibility index (Phi) is 3.49. The number of phenols is 1. The van der Waals surface area contributed by atoms with Crippen LogP contribution in [0.4, 0.5) is 0 Å². The van der Waals surface area contributed by atoms with Crippen molar-refractivity contribution in [2.75, 3.05) is 13.1 Å². The van der Waals surface area contributed by atoms with Gasteiger partial charge in [-0.1, -0.05) is 26.0 Å². The van der Waals surface area contributed by atoms with E-state index in [2.05, 4.69) is 18.7 Å². The second-order valence-electron chi connectivity index (χ2n) is 5.19. The van der Waals surface area contributed by atoms with Crippen molar-refractivity contribution in [3.8, 4) is 5.75 Å². The summed E-state index contributed by atoms with van der Waals surface area (Å²) in [4.78, 5) is 2.51. The summed E-state index contributed by atoms with van der Waals surface area (Å²) < 4.78 is 0. The Bertz CT molecular complexity index is 331. The summed E-state index contributed by atoms with van der Waals surface area (Å²) in [6.07, 6.45) is 1.33. The quantitative estimate of drug-likeness (QED) is 0.845. The molecule has 1 fully saturated rings. The second-order valence-corrected chi connectivity index (χ2v) is 5.19. The molecule has 1 unspecified atom stereocenters. The van der Waals surface area contributed by atoms with Crippen LogP contribution in [-0.4, -0.2) is 23.1 Å². The molecule has 0 aliphatic carbocycles. The molecule has 2 heteroatoms. The molecule has 1 aliphatic heterocycles. The Morgan fingerprint density at radius 3 is 2.56 bits per heavy atom. The molecule has 1 saturated heterocycles. The van der Waals surface area contributed by atoms with Crippen LogP contribution in [0.15, 0.2) is 24.3 Å². The van der Waals surface area contributed by atoms with Gasteiger partial charge in [-0.25, -0.2) is 0 Å². The van der Waals surface area contributed by atoms with Crippen molar-refractivity contribution in [2.45, 2.75) is 26.8 Å². The van der Waals surface area contributed by atoms with Crippen LogP contribution in [0.1, 0.15) is 25.8 Å². The van der Waals surface area contributed by atoms with Gasteiger partial charge in [0, 0.05) is 13.1 Å². The summed E-state index contributed by atoms with van der Waals surface area (Å²) in [6, 6.07) is 7.56. The first-order valence-electron chi connectivity index (χ1n) is 6.15. The molecule has 88 valence electrons. The molecule has 1 heterocycles. The molecule has 1 N–H and O–H groups in total. The Morgan fingerprint density at radius 1 is 1.31 bits per heavy atom. The summed E-state index contributed by atoms with van der Waals surface area (Å²) >= 11 is 0. The van der Waals surface area contributed by atoms with E-state index in [1.165, 1.54) is 25.1 Å². The molecule has 0 saturated carbocycles. The van der Waals surface area contributed by atoms with E-state index in [0.717, 1.165) is 18.4 Å². The highest BCUT2D eigenvalue weighted by Gasteiger charge is 2.24. The molecule has 0 spiro atoms. The van der Waals surface area contributed by atoms with E-state index >= 15 is 0 Å². The fraction of sp³-hybridized carbons (Fsp3) is 0.571. The number of benzene rings is 1. The fourth-order valence-corrected chi connectivity index (χ4v) is 2.41. The Morgan fingerprint density at radius 2 is 2.00 bits per heavy atom. The molecule has 0 bridgehead atoms. The van der Waals surface area contributed by atoms with Crippen molar-refractivity contribution in [1.82, 2.24) is 4.90 Å². The molecule has 16 heavy (non-hydrogen) atoms. The van der Waals surface area contributed by atoms with Crippen LogP contribution in [0.2, 0.25) is 0 Å². The molecule has 0 aromatic heterocycles. The number of nitrogens with zero attached hydrogens (tertiary/aromatic N) is 1. The smallest absolute Gasteiger partial charge is 0.115 e. The van der Waals surface area contributed by atoms with E-state index in [9.17, 15) is 5.11 Å². The first-order valence-corrected chi connectivity index (χ1v) is 6.15. The Labute approximate surface area is 97.9 Å². The normalized spacial score (nSPS) is 21.8. The maximum absolute atomic E-state index is 9.22. The van der Waals surface area contributed by atoms with Crippen molar-refractivity contribution < 1.29 is 5.11 Å². The zero-order valence-corrected chi connectivity index (χ0v) is 10.2. The van der Waals surface area contributed by atoms with Gasteiger partial charge in [0.15, 0.2) is 0 Å². The maximum atomic E-state index is 9.22. The van der Waals surface area contributed by atoms with Crippen LogP contribution < -0.4 is 0 Å². The maximum Gasteiger partial charge on any atom is 0.115 e. The van der Waals surface area contributed by atoms with Crippen molar-refractivity contribution in [2.24, 2.45) is 11.8 Å². The lowest BCUT2D eigenvalue weighted by molar-refractivity contribution is 0.296. The van der Waals surface area contributed by atoms with E-state index in [0.29, 0.717) is 5.75 Å². The molecule has 1 aromatic rings. The fourth-order valence-electron chi connectivity index (χ4n) is 2.41. The largest absolute Gasteiger partial charge is 0.508 e. The summed E-state index contributed by atoms with van der Waals surface area (Å²) in [6.45, 7) is 8.08. The van der Waals surface area contributed by atoms with Gasteiger partial charge >= 0.3 is 0 Å². The van der Waals surface area contributed by atoms with Crippen LogP contribution in [0.3, 0.4) is 0 Å². The monoisotopic (exact) mass is 219 g/mol. The lowest BCUT2D eigenvalue weighted by Gasteiger charge is -2.17. The summed E-state index contributed by atoms with van der Waals surface area (Å²) in [5.74, 6) is 2.01. The number of phenolic OH excluding ortho intramolecular Hbond substituents is 1. The van der Waals surface area contributed by atoms with Gasteiger partial charge in [0.25, 0.3) is 0 Å². The average molecular weight is 219 g/mol. The van der Waals surface area contributed by atoms with E-state index < -0.39 is 0 Å². The number of likely N-dealkylation sites (tertiary alicyclic amines) is 1. The summed E-state index contributed by atoms with van der Waals surface area (Å²) in [5.41, 5.74) is 1.29. The lowest BCUT2D eigenvalue weighted by Crippen LogP contribution is -2.21. The third-order valence-electron chi connectivity index (χ3n) is 3.59. The SMILES string of the molecule is CC(C)C1CCN(Cc2ccc(O)cc2)C1. The standard InChI is InChI=1S/C14H21NO/c1-11(2)13-7-8-15(10-13)9-12-3-5-14(16)6-4-12/h3-6,11,13,16H,7-10H2,1-2H3. The van der Waals surface area contributed by atoms with Crippen LogP contribution in [0.5, 0.6) is 5.75 Å². The van der Waals surface area contributed by atoms with Crippen molar-refractivity contribution >= 4 is 0 Å². The van der Waals surface area contributed by atoms with Gasteiger partial charge in [-0.05, 0) is 42.5 Å². The predicted octanol–water partition coefficient (Wildman–Crippen LogP) is 2.87. The van der Waals surface area contributed by atoms with Gasteiger partial charge in [-0.2, -0.15) is 0 Å². The molecule has 0 radical (unpaired) electrons. The third kappa shape index (κ3) is 2.76. The number of rotatable bonds is 3. The Balaban J connectivity index is 1.89. The molecule has 1 aromatic carbocycles. The van der Waals surface area contributed by atoms with E-state index in [-0.39, 0.29) is 0 Å².